The van der Waals surface area contributed by atoms with E-state index in [1.807, 2.05) is 12.1 Å². The third-order valence-electron chi connectivity index (χ3n) is 2.42. The van der Waals surface area contributed by atoms with Crippen molar-refractivity contribution >= 4 is 18.6 Å². The van der Waals surface area contributed by atoms with Crippen molar-refractivity contribution in [1.82, 2.24) is 5.32 Å². The Kier molecular flexibility index (Phi) is 5.69. The number of hydrogen-bond donors (Lipinski definition) is 4. The van der Waals surface area contributed by atoms with Crippen LogP contribution in [-0.4, -0.2) is 19.1 Å². The molecule has 0 heterocycles. The molecule has 0 aliphatic heterocycles. The second-order valence-electron chi connectivity index (χ2n) is 3.63. The fourth-order valence-corrected chi connectivity index (χ4v) is 1.83. The fourth-order valence-electron chi connectivity index (χ4n) is 1.54. The van der Waals surface area contributed by atoms with E-state index in [-0.39, 0.29) is 5.96 Å². The van der Waals surface area contributed by atoms with Crippen LogP contribution >= 0.6 is 12.6 Å². The molecule has 0 aliphatic carbocycles. The molecular weight excluding hydrogens is 234 g/mol. The van der Waals surface area contributed by atoms with Crippen LogP contribution in [0.15, 0.2) is 18.2 Å². The summed E-state index contributed by atoms with van der Waals surface area (Å²) in [5.41, 5.74) is 7.66. The van der Waals surface area contributed by atoms with Gasteiger partial charge in [0.15, 0.2) is 5.96 Å². The average molecular weight is 253 g/mol. The molecule has 0 atom stereocenters. The van der Waals surface area contributed by atoms with E-state index in [1.165, 1.54) is 11.1 Å². The topological polar surface area (TPSA) is 71.1 Å². The Bertz CT molecular complexity index is 382. The first kappa shape index (κ1) is 13.7. The quantitative estimate of drug-likeness (QED) is 0.269. The smallest absolute Gasteiger partial charge is 0.185 e. The molecule has 94 valence electrons. The lowest BCUT2D eigenvalue weighted by Gasteiger charge is -2.10. The highest BCUT2D eigenvalue weighted by molar-refractivity contribution is 7.79. The zero-order valence-electron chi connectivity index (χ0n) is 9.99. The highest BCUT2D eigenvalue weighted by Crippen LogP contribution is 2.19. The lowest BCUT2D eigenvalue weighted by molar-refractivity contribution is 0.322. The van der Waals surface area contributed by atoms with Gasteiger partial charge in [0.05, 0.1) is 6.54 Å². The van der Waals surface area contributed by atoms with Gasteiger partial charge in [-0.2, -0.15) is 12.6 Å². The molecule has 0 fully saturated rings. The third-order valence-corrected chi connectivity index (χ3v) is 2.76. The van der Waals surface area contributed by atoms with E-state index in [0.717, 1.165) is 12.2 Å². The molecule has 4 N–H and O–H groups in total. The van der Waals surface area contributed by atoms with Gasteiger partial charge < -0.3 is 15.8 Å². The van der Waals surface area contributed by atoms with E-state index in [2.05, 4.69) is 30.9 Å². The molecule has 0 bridgehead atoms. The Balaban J connectivity index is 2.51. The molecule has 1 aromatic rings. The molecule has 0 radical (unpaired) electrons. The van der Waals surface area contributed by atoms with Gasteiger partial charge in [-0.3, -0.25) is 5.41 Å². The zero-order valence-corrected chi connectivity index (χ0v) is 10.9. The third kappa shape index (κ3) is 4.56. The molecule has 1 aromatic carbocycles. The van der Waals surface area contributed by atoms with Gasteiger partial charge in [0.25, 0.3) is 0 Å². The number of nitrogens with two attached hydrogens (primary N) is 1. The van der Waals surface area contributed by atoms with Gasteiger partial charge in [-0.15, -0.1) is 0 Å². The SMILES string of the molecule is CCc1ccc(OCCNC(=N)N)cc1CS. The molecule has 0 saturated carbocycles. The lowest BCUT2D eigenvalue weighted by Crippen LogP contribution is -2.33. The Morgan fingerprint density at radius 3 is 2.82 bits per heavy atom. The molecule has 4 nitrogen and oxygen atoms in total. The summed E-state index contributed by atoms with van der Waals surface area (Å²) in [5, 5.41) is 9.68. The normalized spacial score (nSPS) is 10.0. The van der Waals surface area contributed by atoms with Crippen LogP contribution < -0.4 is 15.8 Å². The van der Waals surface area contributed by atoms with Gasteiger partial charge in [-0.05, 0) is 29.7 Å². The van der Waals surface area contributed by atoms with Crippen LogP contribution in [0.5, 0.6) is 5.75 Å². The molecule has 17 heavy (non-hydrogen) atoms. The highest BCUT2D eigenvalue weighted by Gasteiger charge is 2.01. The molecular formula is C12H19N3OS. The largest absolute Gasteiger partial charge is 0.492 e. The zero-order chi connectivity index (χ0) is 12.7. The van der Waals surface area contributed by atoms with E-state index in [9.17, 15) is 0 Å². The number of guanidine groups is 1. The summed E-state index contributed by atoms with van der Waals surface area (Å²) in [7, 11) is 0. The Hall–Kier alpha value is -1.36. The van der Waals surface area contributed by atoms with Gasteiger partial charge >= 0.3 is 0 Å². The highest BCUT2D eigenvalue weighted by atomic mass is 32.1. The number of ether oxygens (including phenoxy) is 1. The van der Waals surface area contributed by atoms with Crippen molar-refractivity contribution in [2.45, 2.75) is 19.1 Å². The number of nitrogens with one attached hydrogen (secondary N) is 2. The molecule has 0 aromatic heterocycles. The second kappa shape index (κ2) is 7.06. The van der Waals surface area contributed by atoms with E-state index >= 15 is 0 Å². The predicted octanol–water partition coefficient (Wildman–Crippen LogP) is 1.54. The van der Waals surface area contributed by atoms with Crippen LogP contribution in [0.3, 0.4) is 0 Å². The Morgan fingerprint density at radius 1 is 1.47 bits per heavy atom. The molecule has 0 aliphatic rings. The van der Waals surface area contributed by atoms with Crippen LogP contribution in [0.25, 0.3) is 0 Å². The number of benzene rings is 1. The summed E-state index contributed by atoms with van der Waals surface area (Å²) in [6, 6.07) is 6.04. The molecule has 1 rings (SSSR count). The van der Waals surface area contributed by atoms with Gasteiger partial charge in [0.1, 0.15) is 12.4 Å². The van der Waals surface area contributed by atoms with Crippen molar-refractivity contribution in [3.63, 3.8) is 0 Å². The van der Waals surface area contributed by atoms with Crippen molar-refractivity contribution in [1.29, 1.82) is 5.41 Å². The van der Waals surface area contributed by atoms with Crippen molar-refractivity contribution in [2.24, 2.45) is 5.73 Å². The average Bonchev–Trinajstić information content (AvgIpc) is 2.34. The summed E-state index contributed by atoms with van der Waals surface area (Å²) in [4.78, 5) is 0. The summed E-state index contributed by atoms with van der Waals surface area (Å²) < 4.78 is 5.55. The van der Waals surface area contributed by atoms with Crippen molar-refractivity contribution in [3.8, 4) is 5.75 Å². The van der Waals surface area contributed by atoms with Gasteiger partial charge in [0, 0.05) is 5.75 Å². The number of rotatable bonds is 6. The second-order valence-corrected chi connectivity index (χ2v) is 3.95. The predicted molar refractivity (Wildman–Crippen MR) is 73.9 cm³/mol. The minimum Gasteiger partial charge on any atom is -0.492 e. The first-order valence-electron chi connectivity index (χ1n) is 5.60. The summed E-state index contributed by atoms with van der Waals surface area (Å²) in [6.07, 6.45) is 1.00. The van der Waals surface area contributed by atoms with Gasteiger partial charge in [-0.25, -0.2) is 0 Å². The van der Waals surface area contributed by atoms with Crippen molar-refractivity contribution in [2.75, 3.05) is 13.2 Å². The van der Waals surface area contributed by atoms with E-state index < -0.39 is 0 Å². The van der Waals surface area contributed by atoms with Crippen LogP contribution in [-0.2, 0) is 12.2 Å². The molecule has 0 saturated heterocycles. The number of aryl methyl sites for hydroxylation is 1. The van der Waals surface area contributed by atoms with Crippen LogP contribution in [0.1, 0.15) is 18.1 Å². The molecule has 0 unspecified atom stereocenters. The first-order chi connectivity index (χ1) is 8.17. The van der Waals surface area contributed by atoms with E-state index in [4.69, 9.17) is 15.9 Å². The summed E-state index contributed by atoms with van der Waals surface area (Å²) >= 11 is 4.30. The molecule has 0 spiro atoms. The monoisotopic (exact) mass is 253 g/mol. The minimum atomic E-state index is -0.0361. The Morgan fingerprint density at radius 2 is 2.24 bits per heavy atom. The van der Waals surface area contributed by atoms with E-state index in [1.54, 1.807) is 0 Å². The Labute approximate surface area is 107 Å². The number of thiol groups is 1. The summed E-state index contributed by atoms with van der Waals surface area (Å²) in [6.45, 7) is 3.14. The maximum absolute atomic E-state index is 7.00. The van der Waals surface area contributed by atoms with Crippen molar-refractivity contribution < 1.29 is 4.74 Å². The summed E-state index contributed by atoms with van der Waals surface area (Å²) in [5.74, 6) is 1.51. The lowest BCUT2D eigenvalue weighted by atomic mass is 10.1. The van der Waals surface area contributed by atoms with Crippen LogP contribution in [0, 0.1) is 5.41 Å². The van der Waals surface area contributed by atoms with E-state index in [0.29, 0.717) is 18.9 Å². The maximum atomic E-state index is 7.00. The molecule has 0 amide bonds. The maximum Gasteiger partial charge on any atom is 0.185 e. The number of hydrogen-bond acceptors (Lipinski definition) is 3. The van der Waals surface area contributed by atoms with Crippen molar-refractivity contribution in [3.05, 3.63) is 29.3 Å². The first-order valence-corrected chi connectivity index (χ1v) is 6.24. The van der Waals surface area contributed by atoms with Gasteiger partial charge in [0.2, 0.25) is 0 Å². The minimum absolute atomic E-state index is 0.0361. The fraction of sp³-hybridized carbons (Fsp3) is 0.417. The molecule has 5 heteroatoms. The van der Waals surface area contributed by atoms with Crippen LogP contribution in [0.2, 0.25) is 0 Å². The van der Waals surface area contributed by atoms with Gasteiger partial charge in [-0.1, -0.05) is 13.0 Å². The standard InChI is InChI=1S/C12H19N3OS/c1-2-9-3-4-11(7-10(9)8-17)16-6-5-15-12(13)14/h3-4,7,17H,2,5-6,8H2,1H3,(H4,13,14,15). The van der Waals surface area contributed by atoms with Crippen LogP contribution in [0.4, 0.5) is 0 Å².